The number of ether oxygens (including phenoxy) is 1. The Bertz CT molecular complexity index is 282. The average molecular weight is 214 g/mol. The second-order valence-corrected chi connectivity index (χ2v) is 4.12. The van der Waals surface area contributed by atoms with Crippen LogP contribution in [-0.4, -0.2) is 11.6 Å². The first-order valence-electron chi connectivity index (χ1n) is 4.82. The van der Waals surface area contributed by atoms with Gasteiger partial charge in [-0.25, -0.2) is 4.98 Å². The minimum Gasteiger partial charge on any atom is -0.371 e. The molecular formula is C11H16ClNO. The maximum absolute atomic E-state index is 5.72. The van der Waals surface area contributed by atoms with Crippen molar-refractivity contribution in [3.63, 3.8) is 0 Å². The van der Waals surface area contributed by atoms with Crippen LogP contribution in [-0.2, 0) is 10.3 Å². The van der Waals surface area contributed by atoms with Crippen LogP contribution in [0, 0.1) is 0 Å². The third kappa shape index (κ3) is 2.96. The highest BCUT2D eigenvalue weighted by atomic mass is 35.5. The minimum atomic E-state index is -0.284. The summed E-state index contributed by atoms with van der Waals surface area (Å²) in [6, 6.07) is 3.74. The number of pyridine rings is 1. The van der Waals surface area contributed by atoms with Crippen LogP contribution in [0.5, 0.6) is 0 Å². The molecule has 78 valence electrons. The molecule has 0 atom stereocenters. The molecular weight excluding hydrogens is 198 g/mol. The van der Waals surface area contributed by atoms with Gasteiger partial charge in [-0.2, -0.15) is 0 Å². The molecule has 1 aromatic heterocycles. The maximum atomic E-state index is 5.72. The molecule has 3 heteroatoms. The van der Waals surface area contributed by atoms with Crippen molar-refractivity contribution in [1.29, 1.82) is 0 Å². The number of aromatic nitrogens is 1. The number of nitrogens with zero attached hydrogens (tertiary/aromatic N) is 1. The van der Waals surface area contributed by atoms with Crippen molar-refractivity contribution < 1.29 is 4.74 Å². The molecule has 0 unspecified atom stereocenters. The molecule has 0 aliphatic rings. The van der Waals surface area contributed by atoms with Gasteiger partial charge in [-0.1, -0.05) is 24.6 Å². The summed E-state index contributed by atoms with van der Waals surface area (Å²) >= 11 is 5.71. The smallest absolute Gasteiger partial charge is 0.129 e. The van der Waals surface area contributed by atoms with Gasteiger partial charge in [0.1, 0.15) is 5.15 Å². The van der Waals surface area contributed by atoms with E-state index in [1.165, 1.54) is 0 Å². The monoisotopic (exact) mass is 213 g/mol. The molecule has 0 amide bonds. The number of rotatable bonds is 4. The first-order valence-corrected chi connectivity index (χ1v) is 5.20. The highest BCUT2D eigenvalue weighted by molar-refractivity contribution is 6.29. The Kier molecular flexibility index (Phi) is 3.90. The number of halogens is 1. The predicted molar refractivity (Wildman–Crippen MR) is 58.5 cm³/mol. The summed E-state index contributed by atoms with van der Waals surface area (Å²) in [4.78, 5) is 4.04. The van der Waals surface area contributed by atoms with Gasteiger partial charge in [0.2, 0.25) is 0 Å². The van der Waals surface area contributed by atoms with Crippen LogP contribution in [0.25, 0.3) is 0 Å². The van der Waals surface area contributed by atoms with Crippen LogP contribution in [0.3, 0.4) is 0 Å². The van der Waals surface area contributed by atoms with Crippen LogP contribution in [0.2, 0.25) is 5.15 Å². The van der Waals surface area contributed by atoms with Crippen molar-refractivity contribution in [2.75, 3.05) is 6.61 Å². The molecule has 1 rings (SSSR count). The van der Waals surface area contributed by atoms with E-state index in [2.05, 4.69) is 11.9 Å². The van der Waals surface area contributed by atoms with Gasteiger partial charge >= 0.3 is 0 Å². The van der Waals surface area contributed by atoms with Gasteiger partial charge in [-0.3, -0.25) is 0 Å². The molecule has 0 N–H and O–H groups in total. The van der Waals surface area contributed by atoms with Gasteiger partial charge in [-0.05, 0) is 26.3 Å². The largest absolute Gasteiger partial charge is 0.371 e. The quantitative estimate of drug-likeness (QED) is 0.716. The highest BCUT2D eigenvalue weighted by Gasteiger charge is 2.20. The lowest BCUT2D eigenvalue weighted by Crippen LogP contribution is -2.22. The fraction of sp³-hybridized carbons (Fsp3) is 0.545. The van der Waals surface area contributed by atoms with Gasteiger partial charge in [0.25, 0.3) is 0 Å². The average Bonchev–Trinajstić information content (AvgIpc) is 2.16. The van der Waals surface area contributed by atoms with Gasteiger partial charge in [-0.15, -0.1) is 0 Å². The zero-order chi connectivity index (χ0) is 10.6. The van der Waals surface area contributed by atoms with Gasteiger partial charge in [0, 0.05) is 18.4 Å². The normalized spacial score (nSPS) is 11.7. The Labute approximate surface area is 90.3 Å². The topological polar surface area (TPSA) is 22.1 Å². The molecule has 0 aliphatic heterocycles. The van der Waals surface area contributed by atoms with E-state index in [9.17, 15) is 0 Å². The Morgan fingerprint density at radius 2 is 2.14 bits per heavy atom. The molecule has 0 aliphatic carbocycles. The molecule has 0 saturated heterocycles. The molecule has 14 heavy (non-hydrogen) atoms. The lowest BCUT2D eigenvalue weighted by atomic mass is 10.0. The maximum Gasteiger partial charge on any atom is 0.129 e. The van der Waals surface area contributed by atoms with Crippen molar-refractivity contribution in [3.8, 4) is 0 Å². The van der Waals surface area contributed by atoms with Crippen LogP contribution >= 0.6 is 11.6 Å². The fourth-order valence-corrected chi connectivity index (χ4v) is 1.28. The molecule has 0 radical (unpaired) electrons. The summed E-state index contributed by atoms with van der Waals surface area (Å²) in [7, 11) is 0. The first-order chi connectivity index (χ1) is 6.56. The predicted octanol–water partition coefficient (Wildman–Crippen LogP) is 3.40. The fourth-order valence-electron chi connectivity index (χ4n) is 1.17. The Morgan fingerprint density at radius 3 is 2.64 bits per heavy atom. The SMILES string of the molecule is CCCOC(C)(C)c1ccc(Cl)nc1. The highest BCUT2D eigenvalue weighted by Crippen LogP contribution is 2.24. The number of hydrogen-bond donors (Lipinski definition) is 0. The molecule has 0 spiro atoms. The van der Waals surface area contributed by atoms with Crippen LogP contribution in [0.1, 0.15) is 32.8 Å². The van der Waals surface area contributed by atoms with E-state index < -0.39 is 0 Å². The third-order valence-electron chi connectivity index (χ3n) is 2.09. The van der Waals surface area contributed by atoms with E-state index in [1.54, 1.807) is 12.3 Å². The van der Waals surface area contributed by atoms with Crippen LogP contribution in [0.15, 0.2) is 18.3 Å². The molecule has 0 bridgehead atoms. The zero-order valence-electron chi connectivity index (χ0n) is 8.88. The summed E-state index contributed by atoms with van der Waals surface area (Å²) in [5, 5.41) is 0.514. The number of hydrogen-bond acceptors (Lipinski definition) is 2. The summed E-state index contributed by atoms with van der Waals surface area (Å²) in [6.07, 6.45) is 2.78. The standard InChI is InChI=1S/C11H16ClNO/c1-4-7-14-11(2,3)9-5-6-10(12)13-8-9/h5-6,8H,4,7H2,1-3H3. The van der Waals surface area contributed by atoms with Gasteiger partial charge in [0.15, 0.2) is 0 Å². The second-order valence-electron chi connectivity index (χ2n) is 3.73. The Balaban J connectivity index is 2.75. The summed E-state index contributed by atoms with van der Waals surface area (Å²) < 4.78 is 5.72. The Morgan fingerprint density at radius 1 is 1.43 bits per heavy atom. The zero-order valence-corrected chi connectivity index (χ0v) is 9.64. The third-order valence-corrected chi connectivity index (χ3v) is 2.31. The molecule has 1 aromatic rings. The first kappa shape index (κ1) is 11.5. The van der Waals surface area contributed by atoms with Crippen molar-refractivity contribution in [2.45, 2.75) is 32.8 Å². The summed E-state index contributed by atoms with van der Waals surface area (Å²) in [6.45, 7) is 6.92. The lowest BCUT2D eigenvalue weighted by Gasteiger charge is -2.25. The van der Waals surface area contributed by atoms with Gasteiger partial charge < -0.3 is 4.74 Å². The van der Waals surface area contributed by atoms with Crippen molar-refractivity contribution in [2.24, 2.45) is 0 Å². The Hall–Kier alpha value is -0.600. The lowest BCUT2D eigenvalue weighted by molar-refractivity contribution is -0.0214. The van der Waals surface area contributed by atoms with E-state index in [0.717, 1.165) is 18.6 Å². The molecule has 0 fully saturated rings. The van der Waals surface area contributed by atoms with E-state index in [-0.39, 0.29) is 5.60 Å². The molecule has 0 saturated carbocycles. The minimum absolute atomic E-state index is 0.284. The van der Waals surface area contributed by atoms with Gasteiger partial charge in [0.05, 0.1) is 5.60 Å². The van der Waals surface area contributed by atoms with E-state index in [0.29, 0.717) is 5.15 Å². The van der Waals surface area contributed by atoms with Crippen LogP contribution in [0.4, 0.5) is 0 Å². The van der Waals surface area contributed by atoms with Crippen molar-refractivity contribution >= 4 is 11.6 Å². The molecule has 2 nitrogen and oxygen atoms in total. The van der Waals surface area contributed by atoms with E-state index in [4.69, 9.17) is 16.3 Å². The van der Waals surface area contributed by atoms with Crippen molar-refractivity contribution in [3.05, 3.63) is 29.0 Å². The van der Waals surface area contributed by atoms with Crippen LogP contribution < -0.4 is 0 Å². The molecule has 0 aromatic carbocycles. The van der Waals surface area contributed by atoms with E-state index in [1.807, 2.05) is 19.9 Å². The molecule has 1 heterocycles. The summed E-state index contributed by atoms with van der Waals surface area (Å²) in [5.74, 6) is 0. The van der Waals surface area contributed by atoms with Crippen molar-refractivity contribution in [1.82, 2.24) is 4.98 Å². The summed E-state index contributed by atoms with van der Waals surface area (Å²) in [5.41, 5.74) is 0.767. The van der Waals surface area contributed by atoms with E-state index >= 15 is 0 Å². The second kappa shape index (κ2) is 4.76.